The summed E-state index contributed by atoms with van der Waals surface area (Å²) >= 11 is 1.64. The number of hydroxylamine groups is 1. The molecule has 1 saturated heterocycles. The molecule has 6 heteroatoms. The molecule has 3 rings (SSSR count). The SMILES string of the molecule is NC(=O)c1ccc2c(c1)N(O)C(CN1CCCCC1)S2. The lowest BCUT2D eigenvalue weighted by Gasteiger charge is -2.30. The molecule has 2 aliphatic rings. The zero-order chi connectivity index (χ0) is 14.1. The van der Waals surface area contributed by atoms with E-state index in [-0.39, 0.29) is 5.37 Å². The Labute approximate surface area is 122 Å². The van der Waals surface area contributed by atoms with E-state index in [0.29, 0.717) is 11.3 Å². The van der Waals surface area contributed by atoms with Crippen LogP contribution < -0.4 is 10.8 Å². The fourth-order valence-corrected chi connectivity index (χ4v) is 3.99. The van der Waals surface area contributed by atoms with Crippen LogP contribution in [-0.4, -0.2) is 41.0 Å². The molecule has 0 bridgehead atoms. The Bertz CT molecular complexity index is 517. The van der Waals surface area contributed by atoms with Gasteiger partial charge in [-0.15, -0.1) is 0 Å². The molecule has 1 aromatic rings. The molecule has 108 valence electrons. The molecule has 0 aromatic heterocycles. The van der Waals surface area contributed by atoms with Gasteiger partial charge in [0.2, 0.25) is 5.91 Å². The summed E-state index contributed by atoms with van der Waals surface area (Å²) in [6, 6.07) is 5.24. The number of nitrogens with zero attached hydrogens (tertiary/aromatic N) is 2. The number of nitrogens with two attached hydrogens (primary N) is 1. The minimum absolute atomic E-state index is 0.00812. The summed E-state index contributed by atoms with van der Waals surface area (Å²) in [5, 5.41) is 11.6. The lowest BCUT2D eigenvalue weighted by atomic mass is 10.1. The number of primary amides is 1. The van der Waals surface area contributed by atoms with Crippen LogP contribution in [0.3, 0.4) is 0 Å². The van der Waals surface area contributed by atoms with E-state index in [1.807, 2.05) is 6.07 Å². The molecule has 3 N–H and O–H groups in total. The van der Waals surface area contributed by atoms with Crippen LogP contribution in [0.25, 0.3) is 0 Å². The van der Waals surface area contributed by atoms with E-state index in [1.54, 1.807) is 23.9 Å². The Kier molecular flexibility index (Phi) is 3.87. The minimum atomic E-state index is -0.467. The first-order chi connectivity index (χ1) is 9.65. The number of hydrogen-bond donors (Lipinski definition) is 2. The van der Waals surface area contributed by atoms with Gasteiger partial charge in [-0.25, -0.2) is 5.06 Å². The van der Waals surface area contributed by atoms with E-state index in [0.717, 1.165) is 24.5 Å². The van der Waals surface area contributed by atoms with Crippen molar-refractivity contribution in [3.05, 3.63) is 23.8 Å². The Morgan fingerprint density at radius 2 is 2.10 bits per heavy atom. The highest BCUT2D eigenvalue weighted by Crippen LogP contribution is 2.43. The first kappa shape index (κ1) is 13.7. The standard InChI is InChI=1S/C14H19N3O2S/c15-14(18)10-4-5-12-11(8-10)17(19)13(20-12)9-16-6-2-1-3-7-16/h4-5,8,13,19H,1-3,6-7,9H2,(H2,15,18). The second kappa shape index (κ2) is 5.63. The van der Waals surface area contributed by atoms with E-state index in [2.05, 4.69) is 4.90 Å². The lowest BCUT2D eigenvalue weighted by Crippen LogP contribution is -2.40. The fourth-order valence-electron chi connectivity index (χ4n) is 2.78. The fraction of sp³-hybridized carbons (Fsp3) is 0.500. The number of carbonyl (C=O) groups is 1. The topological polar surface area (TPSA) is 69.8 Å². The molecule has 1 amide bonds. The third-order valence-electron chi connectivity index (χ3n) is 3.89. The summed E-state index contributed by atoms with van der Waals surface area (Å²) in [6.45, 7) is 3.04. The normalized spacial score (nSPS) is 22.9. The van der Waals surface area contributed by atoms with E-state index in [4.69, 9.17) is 5.73 Å². The zero-order valence-corrected chi connectivity index (χ0v) is 12.1. The van der Waals surface area contributed by atoms with Gasteiger partial charge in [0.15, 0.2) is 0 Å². The van der Waals surface area contributed by atoms with Crippen LogP contribution in [0.15, 0.2) is 23.1 Å². The maximum Gasteiger partial charge on any atom is 0.248 e. The van der Waals surface area contributed by atoms with Crippen molar-refractivity contribution in [1.29, 1.82) is 0 Å². The molecular weight excluding hydrogens is 274 g/mol. The van der Waals surface area contributed by atoms with Gasteiger partial charge >= 0.3 is 0 Å². The second-order valence-electron chi connectivity index (χ2n) is 5.33. The number of amides is 1. The van der Waals surface area contributed by atoms with Gasteiger partial charge in [-0.2, -0.15) is 0 Å². The average Bonchev–Trinajstić information content (AvgIpc) is 2.76. The van der Waals surface area contributed by atoms with E-state index < -0.39 is 5.91 Å². The van der Waals surface area contributed by atoms with Crippen molar-refractivity contribution in [1.82, 2.24) is 4.90 Å². The predicted octanol–water partition coefficient (Wildman–Crippen LogP) is 1.90. The van der Waals surface area contributed by atoms with Crippen LogP contribution in [0.1, 0.15) is 29.6 Å². The number of anilines is 1. The highest BCUT2D eigenvalue weighted by Gasteiger charge is 2.31. The molecule has 0 aliphatic carbocycles. The number of piperidine rings is 1. The first-order valence-corrected chi connectivity index (χ1v) is 7.84. The Morgan fingerprint density at radius 1 is 1.35 bits per heavy atom. The van der Waals surface area contributed by atoms with Crippen LogP contribution in [0.5, 0.6) is 0 Å². The molecular formula is C14H19N3O2S. The van der Waals surface area contributed by atoms with Crippen molar-refractivity contribution in [2.45, 2.75) is 29.5 Å². The largest absolute Gasteiger partial charge is 0.366 e. The third kappa shape index (κ3) is 2.63. The van der Waals surface area contributed by atoms with Gasteiger partial charge in [0.1, 0.15) is 5.37 Å². The van der Waals surface area contributed by atoms with Crippen molar-refractivity contribution in [3.8, 4) is 0 Å². The summed E-state index contributed by atoms with van der Waals surface area (Å²) in [5.41, 5.74) is 6.40. The smallest absolute Gasteiger partial charge is 0.248 e. The van der Waals surface area contributed by atoms with Gasteiger partial charge < -0.3 is 10.6 Å². The van der Waals surface area contributed by atoms with E-state index in [1.165, 1.54) is 24.3 Å². The number of carbonyl (C=O) groups excluding carboxylic acids is 1. The predicted molar refractivity (Wildman–Crippen MR) is 79.2 cm³/mol. The molecule has 5 nitrogen and oxygen atoms in total. The molecule has 1 fully saturated rings. The zero-order valence-electron chi connectivity index (χ0n) is 11.3. The summed E-state index contributed by atoms with van der Waals surface area (Å²) in [5.74, 6) is -0.467. The Morgan fingerprint density at radius 3 is 2.80 bits per heavy atom. The molecule has 0 radical (unpaired) electrons. The second-order valence-corrected chi connectivity index (χ2v) is 6.54. The minimum Gasteiger partial charge on any atom is -0.366 e. The van der Waals surface area contributed by atoms with Gasteiger partial charge in [0.25, 0.3) is 0 Å². The molecule has 2 heterocycles. The monoisotopic (exact) mass is 293 g/mol. The van der Waals surface area contributed by atoms with Gasteiger partial charge in [0, 0.05) is 17.0 Å². The van der Waals surface area contributed by atoms with Crippen molar-refractivity contribution in [3.63, 3.8) is 0 Å². The van der Waals surface area contributed by atoms with Crippen molar-refractivity contribution < 1.29 is 10.0 Å². The number of hydrogen-bond acceptors (Lipinski definition) is 5. The Hall–Kier alpha value is -1.24. The van der Waals surface area contributed by atoms with Gasteiger partial charge in [0.05, 0.1) is 5.69 Å². The Balaban J connectivity index is 1.73. The molecule has 2 aliphatic heterocycles. The number of rotatable bonds is 3. The van der Waals surface area contributed by atoms with Crippen LogP contribution in [0.4, 0.5) is 5.69 Å². The highest BCUT2D eigenvalue weighted by molar-refractivity contribution is 8.00. The number of fused-ring (bicyclic) bond motifs is 1. The van der Waals surface area contributed by atoms with E-state index in [9.17, 15) is 10.0 Å². The number of thioether (sulfide) groups is 1. The maximum atomic E-state index is 11.2. The first-order valence-electron chi connectivity index (χ1n) is 6.96. The highest BCUT2D eigenvalue weighted by atomic mass is 32.2. The molecule has 20 heavy (non-hydrogen) atoms. The van der Waals surface area contributed by atoms with Crippen molar-refractivity contribution in [2.75, 3.05) is 24.7 Å². The number of likely N-dealkylation sites (tertiary alicyclic amines) is 1. The molecule has 1 atom stereocenters. The van der Waals surface area contributed by atoms with Crippen LogP contribution >= 0.6 is 11.8 Å². The van der Waals surface area contributed by atoms with Gasteiger partial charge in [-0.1, -0.05) is 18.2 Å². The third-order valence-corrected chi connectivity index (χ3v) is 5.11. The maximum absolute atomic E-state index is 11.2. The quantitative estimate of drug-likeness (QED) is 0.890. The van der Waals surface area contributed by atoms with E-state index >= 15 is 0 Å². The van der Waals surface area contributed by atoms with Crippen LogP contribution in [-0.2, 0) is 0 Å². The van der Waals surface area contributed by atoms with Crippen LogP contribution in [0.2, 0.25) is 0 Å². The summed E-state index contributed by atoms with van der Waals surface area (Å²) in [4.78, 5) is 14.6. The summed E-state index contributed by atoms with van der Waals surface area (Å²) in [7, 11) is 0. The van der Waals surface area contributed by atoms with Crippen molar-refractivity contribution >= 4 is 23.4 Å². The summed E-state index contributed by atoms with van der Waals surface area (Å²) in [6.07, 6.45) is 3.78. The molecule has 1 aromatic carbocycles. The average molecular weight is 293 g/mol. The molecule has 0 saturated carbocycles. The van der Waals surface area contributed by atoms with Gasteiger partial charge in [-0.3, -0.25) is 10.0 Å². The summed E-state index contributed by atoms with van der Waals surface area (Å²) < 4.78 is 0. The molecule has 0 spiro atoms. The molecule has 1 unspecified atom stereocenters. The van der Waals surface area contributed by atoms with Crippen molar-refractivity contribution in [2.24, 2.45) is 5.73 Å². The van der Waals surface area contributed by atoms with Gasteiger partial charge in [-0.05, 0) is 44.1 Å². The number of benzene rings is 1. The van der Waals surface area contributed by atoms with Crippen LogP contribution in [0, 0.1) is 0 Å². The lowest BCUT2D eigenvalue weighted by molar-refractivity contribution is 0.1000.